The Morgan fingerprint density at radius 2 is 2.00 bits per heavy atom. The molecule has 4 heteroatoms. The molecule has 1 atom stereocenters. The van der Waals surface area contributed by atoms with Gasteiger partial charge in [-0.25, -0.2) is 4.98 Å². The second kappa shape index (κ2) is 5.08. The van der Waals surface area contributed by atoms with Gasteiger partial charge < -0.3 is 14.8 Å². The van der Waals surface area contributed by atoms with Gasteiger partial charge in [0.2, 0.25) is 5.95 Å². The number of rotatable bonds is 4. The highest BCUT2D eigenvalue weighted by molar-refractivity contribution is 5.30. The van der Waals surface area contributed by atoms with Crippen molar-refractivity contribution in [1.82, 2.24) is 14.9 Å². The smallest absolute Gasteiger partial charge is 0.204 e. The summed E-state index contributed by atoms with van der Waals surface area (Å²) < 4.78 is 2.13. The summed E-state index contributed by atoms with van der Waals surface area (Å²) in [4.78, 5) is 6.43. The minimum Gasteiger partial charge on any atom is -0.348 e. The zero-order valence-electron chi connectivity index (χ0n) is 12.2. The van der Waals surface area contributed by atoms with Gasteiger partial charge in [0.05, 0.1) is 11.9 Å². The van der Waals surface area contributed by atoms with Gasteiger partial charge in [0.1, 0.15) is 0 Å². The number of anilines is 1. The van der Waals surface area contributed by atoms with E-state index in [1.165, 1.54) is 5.69 Å². The zero-order chi connectivity index (χ0) is 13.2. The molecule has 0 spiro atoms. The van der Waals surface area contributed by atoms with Crippen molar-refractivity contribution in [2.45, 2.75) is 40.3 Å². The largest absolute Gasteiger partial charge is 0.348 e. The second-order valence-corrected chi connectivity index (χ2v) is 5.97. The van der Waals surface area contributed by atoms with Crippen LogP contribution in [-0.2, 0) is 13.6 Å². The summed E-state index contributed by atoms with van der Waals surface area (Å²) in [6.07, 6.45) is 1.94. The van der Waals surface area contributed by atoms with E-state index in [0.717, 1.165) is 12.5 Å². The Balaban J connectivity index is 2.65. The molecule has 1 aromatic heterocycles. The normalized spacial score (nSPS) is 13.8. The van der Waals surface area contributed by atoms with E-state index in [-0.39, 0.29) is 5.41 Å². The van der Waals surface area contributed by atoms with E-state index in [1.807, 2.05) is 25.2 Å². The van der Waals surface area contributed by atoms with Crippen molar-refractivity contribution in [1.29, 1.82) is 0 Å². The number of hydrogen-bond donors (Lipinski definition) is 1. The fourth-order valence-corrected chi connectivity index (χ4v) is 1.58. The van der Waals surface area contributed by atoms with E-state index in [4.69, 9.17) is 0 Å². The van der Waals surface area contributed by atoms with Crippen molar-refractivity contribution < 1.29 is 0 Å². The van der Waals surface area contributed by atoms with Crippen LogP contribution < -0.4 is 10.2 Å². The van der Waals surface area contributed by atoms with E-state index < -0.39 is 0 Å². The molecule has 98 valence electrons. The number of imidazole rings is 1. The van der Waals surface area contributed by atoms with Crippen LogP contribution in [0.15, 0.2) is 6.20 Å². The third-order valence-electron chi connectivity index (χ3n) is 3.35. The Labute approximate surface area is 105 Å². The molecular formula is C13H26N4. The van der Waals surface area contributed by atoms with E-state index in [1.54, 1.807) is 0 Å². The third kappa shape index (κ3) is 3.46. The molecule has 4 nitrogen and oxygen atoms in total. The van der Waals surface area contributed by atoms with Gasteiger partial charge in [0, 0.05) is 33.7 Å². The van der Waals surface area contributed by atoms with Crippen molar-refractivity contribution in [2.24, 2.45) is 12.5 Å². The van der Waals surface area contributed by atoms with E-state index in [0.29, 0.717) is 6.04 Å². The van der Waals surface area contributed by atoms with Crippen LogP contribution in [0.25, 0.3) is 0 Å². The Morgan fingerprint density at radius 3 is 2.41 bits per heavy atom. The lowest BCUT2D eigenvalue weighted by Crippen LogP contribution is -2.37. The molecule has 1 unspecified atom stereocenters. The Bertz CT molecular complexity index is 360. The molecule has 0 aliphatic heterocycles. The highest BCUT2D eigenvalue weighted by Crippen LogP contribution is 2.19. The maximum atomic E-state index is 4.40. The van der Waals surface area contributed by atoms with Gasteiger partial charge in [-0.05, 0) is 12.3 Å². The molecule has 1 heterocycles. The topological polar surface area (TPSA) is 33.1 Å². The van der Waals surface area contributed by atoms with Gasteiger partial charge in [0.15, 0.2) is 0 Å². The average molecular weight is 238 g/mol. The van der Waals surface area contributed by atoms with Gasteiger partial charge in [-0.1, -0.05) is 20.8 Å². The summed E-state index contributed by atoms with van der Waals surface area (Å²) in [5, 5.41) is 3.55. The van der Waals surface area contributed by atoms with E-state index in [2.05, 4.69) is 49.6 Å². The summed E-state index contributed by atoms with van der Waals surface area (Å²) in [6.45, 7) is 9.83. The highest BCUT2D eigenvalue weighted by atomic mass is 15.3. The van der Waals surface area contributed by atoms with Crippen LogP contribution in [0, 0.1) is 5.41 Å². The molecule has 1 aromatic rings. The molecule has 0 saturated heterocycles. The predicted molar refractivity (Wildman–Crippen MR) is 73.3 cm³/mol. The molecule has 0 bridgehead atoms. The summed E-state index contributed by atoms with van der Waals surface area (Å²) in [6, 6.07) is 0.472. The Morgan fingerprint density at radius 1 is 1.41 bits per heavy atom. The monoisotopic (exact) mass is 238 g/mol. The number of nitrogens with zero attached hydrogens (tertiary/aromatic N) is 3. The number of aromatic nitrogens is 2. The fraction of sp³-hybridized carbons (Fsp3) is 0.769. The molecular weight excluding hydrogens is 212 g/mol. The molecule has 0 aromatic carbocycles. The lowest BCUT2D eigenvalue weighted by molar-refractivity contribution is 0.283. The van der Waals surface area contributed by atoms with Gasteiger partial charge in [-0.2, -0.15) is 0 Å². The van der Waals surface area contributed by atoms with E-state index in [9.17, 15) is 0 Å². The SMILES string of the molecule is CC(NCc1cnc(N(C)C)n1C)C(C)(C)C. The summed E-state index contributed by atoms with van der Waals surface area (Å²) >= 11 is 0. The molecule has 0 aliphatic rings. The van der Waals surface area contributed by atoms with Crippen LogP contribution in [-0.4, -0.2) is 29.7 Å². The maximum absolute atomic E-state index is 4.40. The second-order valence-electron chi connectivity index (χ2n) is 5.97. The maximum Gasteiger partial charge on any atom is 0.204 e. The van der Waals surface area contributed by atoms with Gasteiger partial charge in [-0.15, -0.1) is 0 Å². The predicted octanol–water partition coefficient (Wildman–Crippen LogP) is 2.01. The molecule has 1 N–H and O–H groups in total. The van der Waals surface area contributed by atoms with E-state index >= 15 is 0 Å². The quantitative estimate of drug-likeness (QED) is 0.871. The fourth-order valence-electron chi connectivity index (χ4n) is 1.58. The minimum atomic E-state index is 0.281. The van der Waals surface area contributed by atoms with Crippen LogP contribution in [0.1, 0.15) is 33.4 Å². The van der Waals surface area contributed by atoms with Crippen molar-refractivity contribution in [2.75, 3.05) is 19.0 Å². The Hall–Kier alpha value is -1.03. The first-order valence-corrected chi connectivity index (χ1v) is 6.14. The standard InChI is InChI=1S/C13H26N4/c1-10(13(2,3)4)14-8-11-9-15-12(16(5)6)17(11)7/h9-10,14H,8H2,1-7H3. The molecule has 0 amide bonds. The lowest BCUT2D eigenvalue weighted by Gasteiger charge is -2.28. The minimum absolute atomic E-state index is 0.281. The van der Waals surface area contributed by atoms with Crippen LogP contribution in [0.5, 0.6) is 0 Å². The van der Waals surface area contributed by atoms with Crippen LogP contribution in [0.3, 0.4) is 0 Å². The highest BCUT2D eigenvalue weighted by Gasteiger charge is 2.19. The van der Waals surface area contributed by atoms with Crippen LogP contribution >= 0.6 is 0 Å². The first kappa shape index (κ1) is 14.0. The van der Waals surface area contributed by atoms with Crippen molar-refractivity contribution >= 4 is 5.95 Å². The van der Waals surface area contributed by atoms with Gasteiger partial charge in [-0.3, -0.25) is 0 Å². The summed E-state index contributed by atoms with van der Waals surface area (Å²) in [5.41, 5.74) is 1.49. The third-order valence-corrected chi connectivity index (χ3v) is 3.35. The summed E-state index contributed by atoms with van der Waals surface area (Å²) in [7, 11) is 6.08. The molecule has 1 rings (SSSR count). The molecule has 0 saturated carbocycles. The first-order chi connectivity index (χ1) is 7.73. The van der Waals surface area contributed by atoms with Crippen LogP contribution in [0.4, 0.5) is 5.95 Å². The van der Waals surface area contributed by atoms with Crippen molar-refractivity contribution in [3.05, 3.63) is 11.9 Å². The molecule has 0 radical (unpaired) electrons. The zero-order valence-corrected chi connectivity index (χ0v) is 12.2. The van der Waals surface area contributed by atoms with Gasteiger partial charge >= 0.3 is 0 Å². The van der Waals surface area contributed by atoms with Crippen LogP contribution in [0.2, 0.25) is 0 Å². The first-order valence-electron chi connectivity index (χ1n) is 6.14. The Kier molecular flexibility index (Phi) is 4.20. The van der Waals surface area contributed by atoms with Gasteiger partial charge in [0.25, 0.3) is 0 Å². The number of hydrogen-bond acceptors (Lipinski definition) is 3. The molecule has 17 heavy (non-hydrogen) atoms. The molecule has 0 fully saturated rings. The van der Waals surface area contributed by atoms with Crippen molar-refractivity contribution in [3.8, 4) is 0 Å². The number of nitrogens with one attached hydrogen (secondary N) is 1. The van der Waals surface area contributed by atoms with Crippen molar-refractivity contribution in [3.63, 3.8) is 0 Å². The lowest BCUT2D eigenvalue weighted by atomic mass is 9.88. The molecule has 0 aliphatic carbocycles. The summed E-state index contributed by atoms with van der Waals surface area (Å²) in [5.74, 6) is 0.991. The average Bonchev–Trinajstić information content (AvgIpc) is 2.54.